The minimum atomic E-state index is -0.572. The van der Waals surface area contributed by atoms with Gasteiger partial charge in [0, 0.05) is 5.56 Å². The summed E-state index contributed by atoms with van der Waals surface area (Å²) in [5, 5.41) is 0. The fourth-order valence-corrected chi connectivity index (χ4v) is 4.86. The maximum Gasteiger partial charge on any atom is 0.340 e. The van der Waals surface area contributed by atoms with Crippen molar-refractivity contribution in [2.24, 2.45) is 0 Å². The highest BCUT2D eigenvalue weighted by molar-refractivity contribution is 9.10. The van der Waals surface area contributed by atoms with Gasteiger partial charge in [-0.25, -0.2) is 9.59 Å². The van der Waals surface area contributed by atoms with Gasteiger partial charge in [-0.05, 0) is 77.9 Å². The van der Waals surface area contributed by atoms with Gasteiger partial charge in [-0.1, -0.05) is 45.0 Å². The Labute approximate surface area is 239 Å². The first kappa shape index (κ1) is 30.2. The summed E-state index contributed by atoms with van der Waals surface area (Å²) >= 11 is 3.62. The first-order valence-corrected chi connectivity index (χ1v) is 13.7. The van der Waals surface area contributed by atoms with E-state index in [0.717, 1.165) is 5.56 Å². The molecule has 1 aromatic heterocycles. The van der Waals surface area contributed by atoms with Crippen molar-refractivity contribution >= 4 is 27.9 Å². The maximum absolute atomic E-state index is 13.1. The number of rotatable bonds is 9. The van der Waals surface area contributed by atoms with Crippen LogP contribution in [0.25, 0.3) is 11.1 Å². The topological polar surface area (TPSA) is 84.0 Å². The van der Waals surface area contributed by atoms with Crippen molar-refractivity contribution in [1.29, 1.82) is 0 Å². The summed E-state index contributed by atoms with van der Waals surface area (Å²) in [5.74, 6) is -0.212. The highest BCUT2D eigenvalue weighted by Gasteiger charge is 2.29. The van der Waals surface area contributed by atoms with E-state index >= 15 is 0 Å². The molecule has 0 saturated carbocycles. The van der Waals surface area contributed by atoms with Gasteiger partial charge in [-0.15, -0.1) is 0 Å². The van der Waals surface area contributed by atoms with Crippen molar-refractivity contribution in [2.45, 2.75) is 60.5 Å². The van der Waals surface area contributed by atoms with E-state index in [2.05, 4.69) is 66.0 Å². The normalized spacial score (nSPS) is 11.2. The molecule has 7 nitrogen and oxygen atoms in total. The molecule has 0 N–H and O–H groups in total. The van der Waals surface area contributed by atoms with Gasteiger partial charge < -0.3 is 18.9 Å². The Morgan fingerprint density at radius 1 is 0.897 bits per heavy atom. The summed E-state index contributed by atoms with van der Waals surface area (Å²) in [4.78, 5) is 30.6. The van der Waals surface area contributed by atoms with E-state index < -0.39 is 11.9 Å². The molecule has 2 aromatic carbocycles. The van der Waals surface area contributed by atoms with Gasteiger partial charge in [0.1, 0.15) is 6.61 Å². The summed E-state index contributed by atoms with van der Waals surface area (Å²) in [6.07, 6.45) is 0. The summed E-state index contributed by atoms with van der Waals surface area (Å²) in [6, 6.07) is 11.8. The molecule has 0 fully saturated rings. The second-order valence-corrected chi connectivity index (χ2v) is 10.9. The Balaban J connectivity index is 2.11. The van der Waals surface area contributed by atoms with Gasteiger partial charge >= 0.3 is 11.9 Å². The Kier molecular flexibility index (Phi) is 9.78. The van der Waals surface area contributed by atoms with Gasteiger partial charge in [0.15, 0.2) is 11.5 Å². The highest BCUT2D eigenvalue weighted by atomic mass is 79.9. The van der Waals surface area contributed by atoms with Crippen molar-refractivity contribution in [3.05, 3.63) is 74.5 Å². The zero-order chi connectivity index (χ0) is 28.9. The highest BCUT2D eigenvalue weighted by Crippen LogP contribution is 2.43. The zero-order valence-corrected chi connectivity index (χ0v) is 25.4. The van der Waals surface area contributed by atoms with E-state index in [1.165, 1.54) is 12.7 Å². The third kappa shape index (κ3) is 6.79. The summed E-state index contributed by atoms with van der Waals surface area (Å²) in [6.45, 7) is 14.1. The van der Waals surface area contributed by atoms with Crippen LogP contribution in [0, 0.1) is 13.8 Å². The van der Waals surface area contributed by atoms with Gasteiger partial charge in [-0.2, -0.15) is 0 Å². The van der Waals surface area contributed by atoms with Crippen LogP contribution in [0.5, 0.6) is 11.5 Å². The van der Waals surface area contributed by atoms with Crippen molar-refractivity contribution in [1.82, 2.24) is 4.98 Å². The molecule has 39 heavy (non-hydrogen) atoms. The van der Waals surface area contributed by atoms with Crippen molar-refractivity contribution < 1.29 is 28.5 Å². The molecular weight excluding hydrogens is 562 g/mol. The second-order valence-electron chi connectivity index (χ2n) is 10.1. The molecule has 3 rings (SSSR count). The van der Waals surface area contributed by atoms with E-state index in [9.17, 15) is 9.59 Å². The number of carbonyl (C=O) groups is 2. The Morgan fingerprint density at radius 2 is 1.44 bits per heavy atom. The molecule has 0 aliphatic rings. The number of carbonyl (C=O) groups excluding carboxylic acids is 2. The average molecular weight is 599 g/mol. The minimum Gasteiger partial charge on any atom is -0.493 e. The number of aromatic nitrogens is 1. The molecule has 1 heterocycles. The predicted octanol–water partition coefficient (Wildman–Crippen LogP) is 7.37. The van der Waals surface area contributed by atoms with Gasteiger partial charge in [0.25, 0.3) is 0 Å². The van der Waals surface area contributed by atoms with Crippen LogP contribution in [-0.4, -0.2) is 37.2 Å². The lowest BCUT2D eigenvalue weighted by molar-refractivity contribution is 0.0525. The molecule has 0 saturated heterocycles. The Bertz CT molecular complexity index is 1320. The number of ether oxygens (including phenoxy) is 4. The van der Waals surface area contributed by atoms with Crippen LogP contribution >= 0.6 is 15.9 Å². The molecule has 0 radical (unpaired) electrons. The van der Waals surface area contributed by atoms with Gasteiger partial charge in [0.2, 0.25) is 0 Å². The quantitative estimate of drug-likeness (QED) is 0.238. The molecule has 0 aliphatic carbocycles. The summed E-state index contributed by atoms with van der Waals surface area (Å²) < 4.78 is 23.1. The number of methoxy groups -OCH3 is 1. The lowest BCUT2D eigenvalue weighted by atomic mass is 9.87. The van der Waals surface area contributed by atoms with Crippen LogP contribution in [0.3, 0.4) is 0 Å². The first-order valence-electron chi connectivity index (χ1n) is 12.9. The molecule has 8 heteroatoms. The molecule has 0 amide bonds. The number of hydrogen-bond donors (Lipinski definition) is 0. The molecule has 0 spiro atoms. The lowest BCUT2D eigenvalue weighted by Gasteiger charge is -2.20. The third-order valence-electron chi connectivity index (χ3n) is 6.24. The molecule has 208 valence electrons. The first-order chi connectivity index (χ1) is 18.4. The second kappa shape index (κ2) is 12.6. The van der Waals surface area contributed by atoms with Crippen LogP contribution in [-0.2, 0) is 21.5 Å². The number of esters is 2. The van der Waals surface area contributed by atoms with E-state index in [-0.39, 0.29) is 29.8 Å². The number of aryl methyl sites for hydroxylation is 2. The fourth-order valence-electron chi connectivity index (χ4n) is 4.31. The molecule has 3 aromatic rings. The molecule has 0 atom stereocenters. The molecule has 0 bridgehead atoms. The van der Waals surface area contributed by atoms with E-state index in [1.807, 2.05) is 0 Å². The summed E-state index contributed by atoms with van der Waals surface area (Å²) in [7, 11) is 1.54. The minimum absolute atomic E-state index is 0.0654. The Morgan fingerprint density at radius 3 is 1.90 bits per heavy atom. The van der Waals surface area contributed by atoms with Crippen LogP contribution in [0.15, 0.2) is 40.9 Å². The smallest absolute Gasteiger partial charge is 0.340 e. The predicted molar refractivity (Wildman–Crippen MR) is 155 cm³/mol. The van der Waals surface area contributed by atoms with Gasteiger partial charge in [0.05, 0.1) is 47.3 Å². The van der Waals surface area contributed by atoms with Crippen molar-refractivity contribution in [3.63, 3.8) is 0 Å². The zero-order valence-electron chi connectivity index (χ0n) is 23.9. The number of nitrogens with zero attached hydrogens (tertiary/aromatic N) is 1. The number of hydrogen-bond acceptors (Lipinski definition) is 7. The van der Waals surface area contributed by atoms with Crippen molar-refractivity contribution in [2.75, 3.05) is 20.3 Å². The number of halogens is 1. The SMILES string of the molecule is CCOC(=O)c1c(C)nc(C)c(C(=O)OCC)c1-c1cc(Br)c(OCc2ccc(C(C)(C)C)cc2)c(OC)c1. The summed E-state index contributed by atoms with van der Waals surface area (Å²) in [5.41, 5.74) is 4.55. The Hall–Kier alpha value is -3.39. The van der Waals surface area contributed by atoms with Crippen LogP contribution in [0.2, 0.25) is 0 Å². The third-order valence-corrected chi connectivity index (χ3v) is 6.83. The number of pyridine rings is 1. The number of benzene rings is 2. The van der Waals surface area contributed by atoms with E-state index in [1.54, 1.807) is 39.8 Å². The average Bonchev–Trinajstić information content (AvgIpc) is 2.87. The molecule has 0 unspecified atom stereocenters. The van der Waals surface area contributed by atoms with Crippen molar-refractivity contribution in [3.8, 4) is 22.6 Å². The molecule has 0 aliphatic heterocycles. The fraction of sp³-hybridized carbons (Fsp3) is 0.387. The van der Waals surface area contributed by atoms with Crippen LogP contribution in [0.1, 0.15) is 77.8 Å². The van der Waals surface area contributed by atoms with Crippen LogP contribution < -0.4 is 9.47 Å². The molecular formula is C31H36BrNO6. The standard InChI is InChI=1S/C31H36BrNO6/c1-9-37-29(34)25-18(3)33-19(4)26(30(35)38-10-2)27(25)21-15-23(32)28(24(16-21)36-8)39-17-20-11-13-22(14-12-20)31(5,6)7/h11-16H,9-10,17H2,1-8H3. The largest absolute Gasteiger partial charge is 0.493 e. The monoisotopic (exact) mass is 597 g/mol. The van der Waals surface area contributed by atoms with E-state index in [0.29, 0.717) is 45.1 Å². The lowest BCUT2D eigenvalue weighted by Crippen LogP contribution is -2.17. The van der Waals surface area contributed by atoms with E-state index in [4.69, 9.17) is 18.9 Å². The van der Waals surface area contributed by atoms with Gasteiger partial charge in [-0.3, -0.25) is 4.98 Å². The maximum atomic E-state index is 13.1. The van der Waals surface area contributed by atoms with Crippen LogP contribution in [0.4, 0.5) is 0 Å².